The Balaban J connectivity index is 1.71. The normalized spacial score (nSPS) is 18.6. The average molecular weight is 284 g/mol. The van der Waals surface area contributed by atoms with Crippen molar-refractivity contribution in [3.63, 3.8) is 0 Å². The zero-order valence-electron chi connectivity index (χ0n) is 12.3. The molecule has 1 saturated heterocycles. The van der Waals surface area contributed by atoms with Gasteiger partial charge in [-0.2, -0.15) is 4.98 Å². The van der Waals surface area contributed by atoms with Crippen molar-refractivity contribution < 1.29 is 14.4 Å². The molecular weight excluding hydrogens is 260 g/mol. The molecule has 1 aromatic heterocycles. The van der Waals surface area contributed by atoms with Gasteiger partial charge < -0.3 is 14.4 Å². The minimum absolute atomic E-state index is 0.379. The summed E-state index contributed by atoms with van der Waals surface area (Å²) in [4.78, 5) is 8.50. The lowest BCUT2D eigenvalue weighted by Gasteiger charge is -2.29. The Morgan fingerprint density at radius 1 is 1.40 bits per heavy atom. The molecule has 1 aliphatic rings. The monoisotopic (exact) mass is 284 g/mol. The van der Waals surface area contributed by atoms with E-state index in [1.807, 2.05) is 18.9 Å². The van der Waals surface area contributed by atoms with Gasteiger partial charge in [-0.3, -0.25) is 9.80 Å². The summed E-state index contributed by atoms with van der Waals surface area (Å²) in [6, 6.07) is 0. The van der Waals surface area contributed by atoms with Gasteiger partial charge >= 0.3 is 0 Å². The van der Waals surface area contributed by atoms with Crippen molar-refractivity contribution in [2.24, 2.45) is 0 Å². The summed E-state index contributed by atoms with van der Waals surface area (Å²) < 4.78 is 10.4. The van der Waals surface area contributed by atoms with Crippen LogP contribution < -0.4 is 0 Å². The zero-order valence-corrected chi connectivity index (χ0v) is 12.3. The lowest BCUT2D eigenvalue weighted by molar-refractivity contribution is 0.00808. The Labute approximate surface area is 119 Å². The fourth-order valence-electron chi connectivity index (χ4n) is 2.30. The first-order valence-electron chi connectivity index (χ1n) is 7.15. The first-order chi connectivity index (χ1) is 9.67. The molecule has 2 rings (SSSR count). The van der Waals surface area contributed by atoms with Gasteiger partial charge in [-0.05, 0) is 7.05 Å². The molecule has 0 bridgehead atoms. The van der Waals surface area contributed by atoms with Crippen LogP contribution >= 0.6 is 0 Å². The smallest absolute Gasteiger partial charge is 0.226 e. The van der Waals surface area contributed by atoms with Gasteiger partial charge in [0.25, 0.3) is 0 Å². The molecule has 7 heteroatoms. The van der Waals surface area contributed by atoms with Crippen LogP contribution in [0.2, 0.25) is 0 Å². The third kappa shape index (κ3) is 4.82. The van der Waals surface area contributed by atoms with Crippen LogP contribution in [0.1, 0.15) is 18.6 Å². The number of morpholine rings is 1. The average Bonchev–Trinajstić information content (AvgIpc) is 2.87. The van der Waals surface area contributed by atoms with Gasteiger partial charge in [0.15, 0.2) is 5.82 Å². The molecule has 0 saturated carbocycles. The van der Waals surface area contributed by atoms with Crippen molar-refractivity contribution in [1.82, 2.24) is 19.9 Å². The number of rotatable bonds is 7. The number of ether oxygens (including phenoxy) is 1. The fourth-order valence-corrected chi connectivity index (χ4v) is 2.30. The summed E-state index contributed by atoms with van der Waals surface area (Å²) in [6.45, 7) is 7.14. The molecule has 1 N–H and O–H groups in total. The molecule has 0 aromatic carbocycles. The van der Waals surface area contributed by atoms with E-state index >= 15 is 0 Å². The molecule has 1 aromatic rings. The van der Waals surface area contributed by atoms with E-state index in [2.05, 4.69) is 15.0 Å². The largest absolute Gasteiger partial charge is 0.390 e. The predicted octanol–water partition coefficient (Wildman–Crippen LogP) is -0.243. The second-order valence-electron chi connectivity index (χ2n) is 5.22. The van der Waals surface area contributed by atoms with E-state index in [9.17, 15) is 5.11 Å². The number of β-amino-alcohol motifs (C(OH)–C–C–N with tert-alkyl or cyclic N) is 1. The number of hydrogen-bond acceptors (Lipinski definition) is 7. The van der Waals surface area contributed by atoms with Gasteiger partial charge in [0.2, 0.25) is 5.89 Å². The highest BCUT2D eigenvalue weighted by Crippen LogP contribution is 2.04. The first kappa shape index (κ1) is 15.4. The van der Waals surface area contributed by atoms with E-state index in [0.717, 1.165) is 32.7 Å². The SMILES string of the molecule is CCc1nc(CN(C)CC(O)CN2CCOCC2)no1. The van der Waals surface area contributed by atoms with E-state index in [4.69, 9.17) is 9.26 Å². The van der Waals surface area contributed by atoms with Crippen molar-refractivity contribution >= 4 is 0 Å². The molecule has 0 amide bonds. The maximum Gasteiger partial charge on any atom is 0.226 e. The number of nitrogens with zero attached hydrogens (tertiary/aromatic N) is 4. The van der Waals surface area contributed by atoms with Crippen LogP contribution in [0.3, 0.4) is 0 Å². The van der Waals surface area contributed by atoms with Gasteiger partial charge in [0, 0.05) is 32.6 Å². The van der Waals surface area contributed by atoms with E-state index in [0.29, 0.717) is 31.3 Å². The van der Waals surface area contributed by atoms with Crippen molar-refractivity contribution in [1.29, 1.82) is 0 Å². The van der Waals surface area contributed by atoms with Crippen LogP contribution in [0.25, 0.3) is 0 Å². The standard InChI is InChI=1S/C13H24N4O3/c1-3-13-14-12(15-20-13)10-16(2)8-11(18)9-17-4-6-19-7-5-17/h11,18H,3-10H2,1-2H3. The molecule has 1 unspecified atom stereocenters. The molecule has 2 heterocycles. The summed E-state index contributed by atoms with van der Waals surface area (Å²) in [6.07, 6.45) is 0.367. The highest BCUT2D eigenvalue weighted by atomic mass is 16.5. The Morgan fingerprint density at radius 2 is 2.15 bits per heavy atom. The Kier molecular flexibility index (Phi) is 5.90. The molecule has 114 valence electrons. The summed E-state index contributed by atoms with van der Waals surface area (Å²) in [5, 5.41) is 14.0. The minimum atomic E-state index is -0.379. The minimum Gasteiger partial charge on any atom is -0.390 e. The van der Waals surface area contributed by atoms with E-state index in [1.54, 1.807) is 0 Å². The van der Waals surface area contributed by atoms with Crippen LogP contribution in [0.5, 0.6) is 0 Å². The van der Waals surface area contributed by atoms with E-state index < -0.39 is 0 Å². The van der Waals surface area contributed by atoms with Crippen LogP contribution in [0.15, 0.2) is 4.52 Å². The van der Waals surface area contributed by atoms with Crippen molar-refractivity contribution in [2.75, 3.05) is 46.4 Å². The van der Waals surface area contributed by atoms with E-state index in [-0.39, 0.29) is 6.10 Å². The predicted molar refractivity (Wildman–Crippen MR) is 73.3 cm³/mol. The quantitative estimate of drug-likeness (QED) is 0.740. The molecule has 1 fully saturated rings. The topological polar surface area (TPSA) is 74.9 Å². The van der Waals surface area contributed by atoms with Gasteiger partial charge in [0.05, 0.1) is 25.9 Å². The molecule has 0 spiro atoms. The van der Waals surface area contributed by atoms with Gasteiger partial charge in [0.1, 0.15) is 0 Å². The number of aliphatic hydroxyl groups is 1. The van der Waals surface area contributed by atoms with Gasteiger partial charge in [-0.25, -0.2) is 0 Å². The number of likely N-dealkylation sites (N-methyl/N-ethyl adjacent to an activating group) is 1. The molecule has 1 atom stereocenters. The van der Waals surface area contributed by atoms with E-state index in [1.165, 1.54) is 0 Å². The Hall–Kier alpha value is -1.02. The van der Waals surface area contributed by atoms with Crippen molar-refractivity contribution in [2.45, 2.75) is 26.0 Å². The second-order valence-corrected chi connectivity index (χ2v) is 5.22. The summed E-state index contributed by atoms with van der Waals surface area (Å²) in [5.74, 6) is 1.32. The third-order valence-electron chi connectivity index (χ3n) is 3.32. The van der Waals surface area contributed by atoms with Crippen molar-refractivity contribution in [3.05, 3.63) is 11.7 Å². The summed E-state index contributed by atoms with van der Waals surface area (Å²) >= 11 is 0. The maximum absolute atomic E-state index is 10.1. The zero-order chi connectivity index (χ0) is 14.4. The molecule has 1 aliphatic heterocycles. The molecule has 0 aliphatic carbocycles. The van der Waals surface area contributed by atoms with Crippen molar-refractivity contribution in [3.8, 4) is 0 Å². The number of aromatic nitrogens is 2. The number of aryl methyl sites for hydroxylation is 1. The highest BCUT2D eigenvalue weighted by molar-refractivity contribution is 4.85. The lowest BCUT2D eigenvalue weighted by atomic mass is 10.3. The highest BCUT2D eigenvalue weighted by Gasteiger charge is 2.17. The second kappa shape index (κ2) is 7.68. The van der Waals surface area contributed by atoms with Gasteiger partial charge in [-0.15, -0.1) is 0 Å². The Morgan fingerprint density at radius 3 is 2.80 bits per heavy atom. The molecule has 7 nitrogen and oxygen atoms in total. The van der Waals surface area contributed by atoms with Crippen LogP contribution in [0, 0.1) is 0 Å². The van der Waals surface area contributed by atoms with Crippen LogP contribution in [-0.2, 0) is 17.7 Å². The van der Waals surface area contributed by atoms with Gasteiger partial charge in [-0.1, -0.05) is 12.1 Å². The molecule has 20 heavy (non-hydrogen) atoms. The Bertz CT molecular complexity index is 393. The number of hydrogen-bond donors (Lipinski definition) is 1. The lowest BCUT2D eigenvalue weighted by Crippen LogP contribution is -2.44. The van der Waals surface area contributed by atoms with Crippen LogP contribution in [-0.4, -0.2) is 77.6 Å². The summed E-state index contributed by atoms with van der Waals surface area (Å²) in [7, 11) is 1.95. The number of aliphatic hydroxyl groups excluding tert-OH is 1. The fraction of sp³-hybridized carbons (Fsp3) is 0.846. The third-order valence-corrected chi connectivity index (χ3v) is 3.32. The van der Waals surface area contributed by atoms with Crippen LogP contribution in [0.4, 0.5) is 0 Å². The molecular formula is C13H24N4O3. The maximum atomic E-state index is 10.1. The first-order valence-corrected chi connectivity index (χ1v) is 7.15. The summed E-state index contributed by atoms with van der Waals surface area (Å²) in [5.41, 5.74) is 0. The molecule has 0 radical (unpaired) electrons.